The zero-order valence-electron chi connectivity index (χ0n) is 9.26. The molecule has 1 fully saturated rings. The number of rotatable bonds is 4. The monoisotopic (exact) mass is 183 g/mol. The summed E-state index contributed by atoms with van der Waals surface area (Å²) in [6.45, 7) is 4.55. The highest BCUT2D eigenvalue weighted by atomic mass is 14.7. The summed E-state index contributed by atoms with van der Waals surface area (Å²) in [5.41, 5.74) is 6.27. The molecule has 0 amide bonds. The fourth-order valence-electron chi connectivity index (χ4n) is 2.69. The molecule has 1 aliphatic rings. The van der Waals surface area contributed by atoms with E-state index < -0.39 is 0 Å². The molecule has 1 nitrogen and oxygen atoms in total. The Morgan fingerprint density at radius 2 is 1.85 bits per heavy atom. The maximum absolute atomic E-state index is 6.27. The lowest BCUT2D eigenvalue weighted by atomic mass is 9.74. The van der Waals surface area contributed by atoms with Crippen LogP contribution in [0.4, 0.5) is 0 Å². The van der Waals surface area contributed by atoms with E-state index in [1.807, 2.05) is 0 Å². The van der Waals surface area contributed by atoms with E-state index in [0.717, 1.165) is 11.8 Å². The van der Waals surface area contributed by atoms with E-state index in [9.17, 15) is 0 Å². The van der Waals surface area contributed by atoms with Gasteiger partial charge >= 0.3 is 0 Å². The maximum Gasteiger partial charge on any atom is 0.00955 e. The smallest absolute Gasteiger partial charge is 0.00955 e. The van der Waals surface area contributed by atoms with E-state index in [2.05, 4.69) is 13.8 Å². The minimum Gasteiger partial charge on any atom is -0.327 e. The van der Waals surface area contributed by atoms with Crippen LogP contribution in [-0.2, 0) is 0 Å². The number of nitrogens with two attached hydrogens (primary N) is 1. The van der Waals surface area contributed by atoms with Crippen molar-refractivity contribution >= 4 is 0 Å². The molecule has 1 aliphatic carbocycles. The average Bonchev–Trinajstić information content (AvgIpc) is 2.16. The van der Waals surface area contributed by atoms with Gasteiger partial charge in [0.05, 0.1) is 0 Å². The summed E-state index contributed by atoms with van der Waals surface area (Å²) in [6.07, 6.45) is 9.52. The van der Waals surface area contributed by atoms with Crippen LogP contribution in [0.1, 0.15) is 58.8 Å². The summed E-state index contributed by atoms with van der Waals surface area (Å²) in [4.78, 5) is 0. The molecule has 0 radical (unpaired) electrons. The molecule has 1 rings (SSSR count). The second kappa shape index (κ2) is 5.64. The molecular formula is C12H25N. The zero-order valence-corrected chi connectivity index (χ0v) is 9.26. The van der Waals surface area contributed by atoms with Crippen LogP contribution in [-0.4, -0.2) is 6.04 Å². The van der Waals surface area contributed by atoms with Crippen molar-refractivity contribution in [1.29, 1.82) is 0 Å². The Labute approximate surface area is 83.1 Å². The quantitative estimate of drug-likeness (QED) is 0.711. The van der Waals surface area contributed by atoms with Crippen molar-refractivity contribution in [2.45, 2.75) is 64.8 Å². The SMILES string of the molecule is CCCCC1CCCC(CC)C1N. The van der Waals surface area contributed by atoms with Gasteiger partial charge in [0, 0.05) is 6.04 Å². The second-order valence-corrected chi connectivity index (χ2v) is 4.58. The minimum absolute atomic E-state index is 0.505. The van der Waals surface area contributed by atoms with Gasteiger partial charge in [0.15, 0.2) is 0 Å². The molecule has 0 aromatic heterocycles. The summed E-state index contributed by atoms with van der Waals surface area (Å²) < 4.78 is 0. The second-order valence-electron chi connectivity index (χ2n) is 4.58. The third kappa shape index (κ3) is 2.98. The van der Waals surface area contributed by atoms with Crippen LogP contribution in [0.5, 0.6) is 0 Å². The van der Waals surface area contributed by atoms with Crippen LogP contribution < -0.4 is 5.73 Å². The first kappa shape index (κ1) is 11.0. The summed E-state index contributed by atoms with van der Waals surface area (Å²) >= 11 is 0. The van der Waals surface area contributed by atoms with Crippen LogP contribution in [0.25, 0.3) is 0 Å². The normalized spacial score (nSPS) is 34.8. The van der Waals surface area contributed by atoms with Crippen LogP contribution in [0.15, 0.2) is 0 Å². The maximum atomic E-state index is 6.27. The van der Waals surface area contributed by atoms with Gasteiger partial charge in [-0.15, -0.1) is 0 Å². The summed E-state index contributed by atoms with van der Waals surface area (Å²) in [5.74, 6) is 1.65. The first-order valence-electron chi connectivity index (χ1n) is 6.05. The van der Waals surface area contributed by atoms with E-state index in [0.29, 0.717) is 6.04 Å². The molecule has 0 aliphatic heterocycles. The van der Waals surface area contributed by atoms with Crippen molar-refractivity contribution in [2.24, 2.45) is 17.6 Å². The Morgan fingerprint density at radius 3 is 2.46 bits per heavy atom. The Morgan fingerprint density at radius 1 is 1.15 bits per heavy atom. The van der Waals surface area contributed by atoms with Crippen molar-refractivity contribution in [3.8, 4) is 0 Å². The predicted octanol–water partition coefficient (Wildman–Crippen LogP) is 3.33. The van der Waals surface area contributed by atoms with Gasteiger partial charge in [-0.3, -0.25) is 0 Å². The Bertz CT molecular complexity index is 133. The van der Waals surface area contributed by atoms with Gasteiger partial charge in [0.25, 0.3) is 0 Å². The van der Waals surface area contributed by atoms with E-state index >= 15 is 0 Å². The standard InChI is InChI=1S/C12H25N/c1-3-5-7-11-9-6-8-10(4-2)12(11)13/h10-12H,3-9,13H2,1-2H3. The first-order chi connectivity index (χ1) is 6.29. The van der Waals surface area contributed by atoms with Crippen LogP contribution >= 0.6 is 0 Å². The van der Waals surface area contributed by atoms with Gasteiger partial charge < -0.3 is 5.73 Å². The number of hydrogen-bond donors (Lipinski definition) is 1. The molecule has 1 heteroatoms. The Balaban J connectivity index is 2.35. The Kier molecular flexibility index (Phi) is 4.79. The van der Waals surface area contributed by atoms with E-state index in [1.165, 1.54) is 44.9 Å². The molecule has 3 unspecified atom stereocenters. The number of unbranched alkanes of at least 4 members (excludes halogenated alkanes) is 1. The molecule has 78 valence electrons. The lowest BCUT2D eigenvalue weighted by Crippen LogP contribution is -2.40. The van der Waals surface area contributed by atoms with Crippen LogP contribution in [0, 0.1) is 11.8 Å². The lowest BCUT2D eigenvalue weighted by Gasteiger charge is -2.35. The average molecular weight is 183 g/mol. The molecule has 13 heavy (non-hydrogen) atoms. The van der Waals surface area contributed by atoms with Gasteiger partial charge in [0.2, 0.25) is 0 Å². The van der Waals surface area contributed by atoms with Gasteiger partial charge in [0.1, 0.15) is 0 Å². The highest BCUT2D eigenvalue weighted by molar-refractivity contribution is 4.84. The fraction of sp³-hybridized carbons (Fsp3) is 1.00. The zero-order chi connectivity index (χ0) is 9.68. The third-order valence-corrected chi connectivity index (χ3v) is 3.69. The van der Waals surface area contributed by atoms with Gasteiger partial charge in [-0.05, 0) is 31.1 Å². The third-order valence-electron chi connectivity index (χ3n) is 3.69. The van der Waals surface area contributed by atoms with Crippen LogP contribution in [0.3, 0.4) is 0 Å². The van der Waals surface area contributed by atoms with Gasteiger partial charge in [-0.1, -0.05) is 39.5 Å². The highest BCUT2D eigenvalue weighted by Crippen LogP contribution is 2.32. The summed E-state index contributed by atoms with van der Waals surface area (Å²) in [5, 5.41) is 0. The molecule has 3 atom stereocenters. The molecule has 2 N–H and O–H groups in total. The summed E-state index contributed by atoms with van der Waals surface area (Å²) in [6, 6.07) is 0.505. The summed E-state index contributed by atoms with van der Waals surface area (Å²) in [7, 11) is 0. The molecule has 0 aromatic carbocycles. The molecule has 1 saturated carbocycles. The highest BCUT2D eigenvalue weighted by Gasteiger charge is 2.28. The first-order valence-corrected chi connectivity index (χ1v) is 6.05. The van der Waals surface area contributed by atoms with Crippen molar-refractivity contribution in [3.05, 3.63) is 0 Å². The van der Waals surface area contributed by atoms with E-state index in [4.69, 9.17) is 5.73 Å². The van der Waals surface area contributed by atoms with E-state index in [-0.39, 0.29) is 0 Å². The van der Waals surface area contributed by atoms with Crippen molar-refractivity contribution in [1.82, 2.24) is 0 Å². The van der Waals surface area contributed by atoms with Gasteiger partial charge in [-0.2, -0.15) is 0 Å². The topological polar surface area (TPSA) is 26.0 Å². The fourth-order valence-corrected chi connectivity index (χ4v) is 2.69. The Hall–Kier alpha value is -0.0400. The van der Waals surface area contributed by atoms with E-state index in [1.54, 1.807) is 0 Å². The number of hydrogen-bond acceptors (Lipinski definition) is 1. The van der Waals surface area contributed by atoms with Gasteiger partial charge in [-0.25, -0.2) is 0 Å². The molecule has 0 aromatic rings. The predicted molar refractivity (Wildman–Crippen MR) is 58.6 cm³/mol. The molecular weight excluding hydrogens is 158 g/mol. The molecule has 0 spiro atoms. The van der Waals surface area contributed by atoms with Crippen molar-refractivity contribution in [3.63, 3.8) is 0 Å². The molecule has 0 heterocycles. The minimum atomic E-state index is 0.505. The van der Waals surface area contributed by atoms with Crippen molar-refractivity contribution in [2.75, 3.05) is 0 Å². The lowest BCUT2D eigenvalue weighted by molar-refractivity contribution is 0.202. The molecule has 0 bridgehead atoms. The molecule has 0 saturated heterocycles. The van der Waals surface area contributed by atoms with Crippen LogP contribution in [0.2, 0.25) is 0 Å². The van der Waals surface area contributed by atoms with Crippen molar-refractivity contribution < 1.29 is 0 Å². The largest absolute Gasteiger partial charge is 0.327 e.